The van der Waals surface area contributed by atoms with E-state index in [9.17, 15) is 9.59 Å². The van der Waals surface area contributed by atoms with Crippen molar-refractivity contribution in [2.24, 2.45) is 0 Å². The summed E-state index contributed by atoms with van der Waals surface area (Å²) in [4.78, 5) is 23.6. The quantitative estimate of drug-likeness (QED) is 0.826. The van der Waals surface area contributed by atoms with Crippen LogP contribution in [0, 0.1) is 18.3 Å². The summed E-state index contributed by atoms with van der Waals surface area (Å²) in [5, 5.41) is 14.7. The summed E-state index contributed by atoms with van der Waals surface area (Å²) in [5.74, 6) is -0.731. The maximum Gasteiger partial charge on any atom is 0.337 e. The highest BCUT2D eigenvalue weighted by molar-refractivity contribution is 5.95. The highest BCUT2D eigenvalue weighted by Crippen LogP contribution is 2.18. The monoisotopic (exact) mass is 323 g/mol. The number of para-hydroxylation sites is 1. The number of aryl methyl sites for hydroxylation is 1. The van der Waals surface area contributed by atoms with Gasteiger partial charge in [-0.15, -0.1) is 0 Å². The van der Waals surface area contributed by atoms with Gasteiger partial charge in [0.1, 0.15) is 6.07 Å². The van der Waals surface area contributed by atoms with Gasteiger partial charge in [0.05, 0.1) is 30.5 Å². The van der Waals surface area contributed by atoms with Crippen LogP contribution in [-0.4, -0.2) is 25.5 Å². The fraction of sp³-hybridized carbons (Fsp3) is 0.167. The zero-order chi connectivity index (χ0) is 17.5. The first-order valence-corrected chi connectivity index (χ1v) is 7.27. The number of methoxy groups -OCH3 is 1. The maximum atomic E-state index is 12.1. The van der Waals surface area contributed by atoms with Crippen LogP contribution in [0.2, 0.25) is 0 Å². The zero-order valence-electron chi connectivity index (χ0n) is 13.4. The second-order valence-corrected chi connectivity index (χ2v) is 5.08. The number of nitrogens with zero attached hydrogens (tertiary/aromatic N) is 1. The number of carbonyl (C=O) groups excluding carboxylic acids is 2. The number of nitrogens with one attached hydrogen (secondary N) is 2. The number of hydrogen-bond acceptors (Lipinski definition) is 5. The van der Waals surface area contributed by atoms with Gasteiger partial charge in [0.2, 0.25) is 5.91 Å². The average Bonchev–Trinajstić information content (AvgIpc) is 2.60. The van der Waals surface area contributed by atoms with Crippen LogP contribution in [0.3, 0.4) is 0 Å². The minimum absolute atomic E-state index is 0.00519. The minimum Gasteiger partial charge on any atom is -0.465 e. The van der Waals surface area contributed by atoms with Gasteiger partial charge in [-0.1, -0.05) is 18.2 Å². The predicted octanol–water partition coefficient (Wildman–Crippen LogP) is 2.70. The normalized spacial score (nSPS) is 9.71. The lowest BCUT2D eigenvalue weighted by atomic mass is 10.1. The Balaban J connectivity index is 2.04. The first-order chi connectivity index (χ1) is 11.5. The molecule has 2 rings (SSSR count). The number of benzene rings is 2. The molecular weight excluding hydrogens is 306 g/mol. The number of amides is 1. The number of rotatable bonds is 5. The van der Waals surface area contributed by atoms with Gasteiger partial charge in [0.25, 0.3) is 0 Å². The van der Waals surface area contributed by atoms with E-state index in [-0.39, 0.29) is 12.5 Å². The standard InChI is InChI=1S/C18H17N3O3/c1-12-7-8-13(18(23)24-2)9-16(12)20-11-17(22)21-15-6-4-3-5-14(15)10-19/h3-9,20H,11H2,1-2H3,(H,21,22). The fourth-order valence-electron chi connectivity index (χ4n) is 2.12. The van der Waals surface area contributed by atoms with Crippen molar-refractivity contribution in [3.05, 3.63) is 59.2 Å². The van der Waals surface area contributed by atoms with Crippen LogP contribution in [0.25, 0.3) is 0 Å². The Kier molecular flexibility index (Phi) is 5.53. The van der Waals surface area contributed by atoms with Crippen LogP contribution in [0.15, 0.2) is 42.5 Å². The van der Waals surface area contributed by atoms with Gasteiger partial charge in [-0.25, -0.2) is 4.79 Å². The van der Waals surface area contributed by atoms with E-state index >= 15 is 0 Å². The number of anilines is 2. The Morgan fingerprint density at radius 3 is 2.62 bits per heavy atom. The summed E-state index contributed by atoms with van der Waals surface area (Å²) in [7, 11) is 1.31. The molecule has 0 aliphatic heterocycles. The molecule has 0 aromatic heterocycles. The van der Waals surface area contributed by atoms with Gasteiger partial charge >= 0.3 is 5.97 Å². The van der Waals surface area contributed by atoms with E-state index in [4.69, 9.17) is 5.26 Å². The highest BCUT2D eigenvalue weighted by Gasteiger charge is 2.10. The van der Waals surface area contributed by atoms with Crippen molar-refractivity contribution in [2.75, 3.05) is 24.3 Å². The Bertz CT molecular complexity index is 809. The van der Waals surface area contributed by atoms with Gasteiger partial charge in [0.15, 0.2) is 0 Å². The van der Waals surface area contributed by atoms with E-state index in [1.54, 1.807) is 42.5 Å². The molecule has 0 aliphatic carbocycles. The molecule has 0 fully saturated rings. The number of nitriles is 1. The molecule has 0 saturated heterocycles. The van der Waals surface area contributed by atoms with E-state index in [1.165, 1.54) is 7.11 Å². The van der Waals surface area contributed by atoms with Gasteiger partial charge in [-0.05, 0) is 36.8 Å². The third kappa shape index (κ3) is 4.11. The van der Waals surface area contributed by atoms with Crippen LogP contribution in [-0.2, 0) is 9.53 Å². The smallest absolute Gasteiger partial charge is 0.337 e. The van der Waals surface area contributed by atoms with Crippen LogP contribution in [0.5, 0.6) is 0 Å². The molecule has 24 heavy (non-hydrogen) atoms. The number of esters is 1. The fourth-order valence-corrected chi connectivity index (χ4v) is 2.12. The molecule has 0 bridgehead atoms. The van der Waals surface area contributed by atoms with Crippen molar-refractivity contribution in [2.45, 2.75) is 6.92 Å². The molecule has 0 spiro atoms. The first-order valence-electron chi connectivity index (χ1n) is 7.27. The first kappa shape index (κ1) is 17.0. The molecule has 2 aromatic carbocycles. The van der Waals surface area contributed by atoms with Gasteiger partial charge < -0.3 is 15.4 Å². The molecule has 0 aliphatic rings. The molecule has 6 heteroatoms. The summed E-state index contributed by atoms with van der Waals surface area (Å²) >= 11 is 0. The van der Waals surface area contributed by atoms with E-state index < -0.39 is 5.97 Å². The molecule has 6 nitrogen and oxygen atoms in total. The number of carbonyl (C=O) groups is 2. The van der Waals surface area contributed by atoms with Crippen LogP contribution >= 0.6 is 0 Å². The second kappa shape index (κ2) is 7.79. The molecular formula is C18H17N3O3. The molecule has 0 heterocycles. The van der Waals surface area contributed by atoms with Crippen LogP contribution < -0.4 is 10.6 Å². The van der Waals surface area contributed by atoms with Gasteiger partial charge in [0, 0.05) is 5.69 Å². The SMILES string of the molecule is COC(=O)c1ccc(C)c(NCC(=O)Nc2ccccc2C#N)c1. The Labute approximate surface area is 140 Å². The lowest BCUT2D eigenvalue weighted by molar-refractivity contribution is -0.114. The summed E-state index contributed by atoms with van der Waals surface area (Å²) in [6, 6.07) is 13.9. The van der Waals surface area contributed by atoms with Gasteiger partial charge in [-0.2, -0.15) is 5.26 Å². The lowest BCUT2D eigenvalue weighted by Gasteiger charge is -2.12. The lowest BCUT2D eigenvalue weighted by Crippen LogP contribution is -2.22. The molecule has 122 valence electrons. The third-order valence-corrected chi connectivity index (χ3v) is 3.42. The van der Waals surface area contributed by atoms with Crippen LogP contribution in [0.1, 0.15) is 21.5 Å². The van der Waals surface area contributed by atoms with Crippen molar-refractivity contribution in [1.29, 1.82) is 5.26 Å². The summed E-state index contributed by atoms with van der Waals surface area (Å²) in [5.41, 5.74) is 2.83. The van der Waals surface area contributed by atoms with E-state index in [0.29, 0.717) is 22.5 Å². The Hall–Kier alpha value is -3.33. The second-order valence-electron chi connectivity index (χ2n) is 5.08. The zero-order valence-corrected chi connectivity index (χ0v) is 13.4. The summed E-state index contributed by atoms with van der Waals surface area (Å²) in [6.07, 6.45) is 0. The molecule has 2 aromatic rings. The largest absolute Gasteiger partial charge is 0.465 e. The van der Waals surface area contributed by atoms with E-state index in [2.05, 4.69) is 15.4 Å². The Morgan fingerprint density at radius 1 is 1.17 bits per heavy atom. The van der Waals surface area contributed by atoms with Crippen molar-refractivity contribution < 1.29 is 14.3 Å². The maximum absolute atomic E-state index is 12.1. The number of hydrogen-bond donors (Lipinski definition) is 2. The van der Waals surface area contributed by atoms with Crippen molar-refractivity contribution in [3.8, 4) is 6.07 Å². The summed E-state index contributed by atoms with van der Waals surface area (Å²) < 4.78 is 4.68. The molecule has 2 N–H and O–H groups in total. The molecule has 0 saturated carbocycles. The highest BCUT2D eigenvalue weighted by atomic mass is 16.5. The minimum atomic E-state index is -0.439. The van der Waals surface area contributed by atoms with Gasteiger partial charge in [-0.3, -0.25) is 4.79 Å². The van der Waals surface area contributed by atoms with Crippen molar-refractivity contribution in [1.82, 2.24) is 0 Å². The molecule has 1 amide bonds. The summed E-state index contributed by atoms with van der Waals surface area (Å²) in [6.45, 7) is 1.87. The Morgan fingerprint density at radius 2 is 1.92 bits per heavy atom. The third-order valence-electron chi connectivity index (χ3n) is 3.42. The topological polar surface area (TPSA) is 91.2 Å². The average molecular weight is 323 g/mol. The van der Waals surface area contributed by atoms with Crippen LogP contribution in [0.4, 0.5) is 11.4 Å². The predicted molar refractivity (Wildman–Crippen MR) is 90.8 cm³/mol. The molecule has 0 unspecified atom stereocenters. The van der Waals surface area contributed by atoms with Crippen molar-refractivity contribution >= 4 is 23.3 Å². The van der Waals surface area contributed by atoms with Crippen molar-refractivity contribution in [3.63, 3.8) is 0 Å². The van der Waals surface area contributed by atoms with E-state index in [0.717, 1.165) is 5.56 Å². The number of ether oxygens (including phenoxy) is 1. The molecule has 0 atom stereocenters. The van der Waals surface area contributed by atoms with E-state index in [1.807, 2.05) is 13.0 Å². The molecule has 0 radical (unpaired) electrons.